The van der Waals surface area contributed by atoms with Crippen LogP contribution < -0.4 is 5.32 Å². The Balaban J connectivity index is 1.90. The molecule has 0 radical (unpaired) electrons. The quantitative estimate of drug-likeness (QED) is 0.685. The molecule has 0 saturated heterocycles. The fourth-order valence-corrected chi connectivity index (χ4v) is 4.82. The molecule has 35 heavy (non-hydrogen) atoms. The maximum atomic E-state index is 13.2. The Bertz CT molecular complexity index is 1050. The highest BCUT2D eigenvalue weighted by Crippen LogP contribution is 2.21. The minimum Gasteiger partial charge on any atom is -0.344 e. The van der Waals surface area contributed by atoms with E-state index in [4.69, 9.17) is 0 Å². The molecule has 3 rings (SSSR count). The maximum absolute atomic E-state index is 13.2. The molecule has 2 aromatic heterocycles. The van der Waals surface area contributed by atoms with Crippen LogP contribution in [0.15, 0.2) is 5.38 Å². The van der Waals surface area contributed by atoms with E-state index in [1.807, 2.05) is 19.2 Å². The van der Waals surface area contributed by atoms with Gasteiger partial charge in [0.25, 0.3) is 0 Å². The van der Waals surface area contributed by atoms with E-state index in [0.29, 0.717) is 50.0 Å². The van der Waals surface area contributed by atoms with Crippen LogP contribution in [-0.4, -0.2) is 73.4 Å². The molecule has 3 amide bonds. The zero-order valence-electron chi connectivity index (χ0n) is 21.6. The van der Waals surface area contributed by atoms with Gasteiger partial charge in [-0.3, -0.25) is 14.4 Å². The summed E-state index contributed by atoms with van der Waals surface area (Å²) in [6, 6.07) is -0.970. The van der Waals surface area contributed by atoms with Gasteiger partial charge in [0.15, 0.2) is 0 Å². The largest absolute Gasteiger partial charge is 0.344 e. The molecule has 11 heteroatoms. The maximum Gasteiger partial charge on any atom is 0.243 e. The smallest absolute Gasteiger partial charge is 0.243 e. The lowest BCUT2D eigenvalue weighted by molar-refractivity contribution is -0.139. The van der Waals surface area contributed by atoms with Gasteiger partial charge in [-0.2, -0.15) is 5.10 Å². The van der Waals surface area contributed by atoms with Gasteiger partial charge in [0.05, 0.1) is 29.7 Å². The number of fused-ring (bicyclic) bond motifs is 1. The second kappa shape index (κ2) is 11.7. The number of amides is 3. The lowest BCUT2D eigenvalue weighted by atomic mass is 10.0. The van der Waals surface area contributed by atoms with E-state index in [9.17, 15) is 14.4 Å². The van der Waals surface area contributed by atoms with Crippen molar-refractivity contribution < 1.29 is 14.4 Å². The molecule has 1 aliphatic rings. The van der Waals surface area contributed by atoms with E-state index in [0.717, 1.165) is 10.7 Å². The van der Waals surface area contributed by atoms with Crippen LogP contribution >= 0.6 is 11.3 Å². The number of carbonyl (C=O) groups excluding carboxylic acids is 3. The fourth-order valence-electron chi connectivity index (χ4n) is 4.21. The molecule has 0 spiro atoms. The molecular formula is C24H37N7O3S. The number of hydrogen-bond acceptors (Lipinski definition) is 7. The Morgan fingerprint density at radius 2 is 1.94 bits per heavy atom. The molecular weight excluding hydrogens is 466 g/mol. The number of carbonyl (C=O) groups is 3. The summed E-state index contributed by atoms with van der Waals surface area (Å²) >= 11 is 1.53. The van der Waals surface area contributed by atoms with Crippen LogP contribution in [0.25, 0.3) is 0 Å². The van der Waals surface area contributed by atoms with Gasteiger partial charge in [0, 0.05) is 31.9 Å². The van der Waals surface area contributed by atoms with Crippen LogP contribution in [0.2, 0.25) is 0 Å². The monoisotopic (exact) mass is 503 g/mol. The van der Waals surface area contributed by atoms with Crippen molar-refractivity contribution in [2.75, 3.05) is 20.1 Å². The predicted molar refractivity (Wildman–Crippen MR) is 134 cm³/mol. The van der Waals surface area contributed by atoms with Gasteiger partial charge in [-0.05, 0) is 39.5 Å². The first-order chi connectivity index (χ1) is 16.5. The van der Waals surface area contributed by atoms with Crippen LogP contribution in [0.5, 0.6) is 0 Å². The number of likely N-dealkylation sites (N-methyl/N-ethyl adjacent to an activating group) is 1. The number of thiazole rings is 1. The van der Waals surface area contributed by atoms with Crippen LogP contribution in [0.3, 0.4) is 0 Å². The van der Waals surface area contributed by atoms with Crippen molar-refractivity contribution in [2.45, 2.75) is 78.9 Å². The van der Waals surface area contributed by atoms with Crippen molar-refractivity contribution in [3.8, 4) is 0 Å². The van der Waals surface area contributed by atoms with Gasteiger partial charge in [-0.15, -0.1) is 11.3 Å². The second-order valence-electron chi connectivity index (χ2n) is 9.63. The first-order valence-corrected chi connectivity index (χ1v) is 13.1. The molecule has 0 bridgehead atoms. The Morgan fingerprint density at radius 1 is 1.20 bits per heavy atom. The van der Waals surface area contributed by atoms with Crippen molar-refractivity contribution >= 4 is 29.1 Å². The van der Waals surface area contributed by atoms with Gasteiger partial charge >= 0.3 is 0 Å². The first kappa shape index (κ1) is 26.8. The predicted octanol–water partition coefficient (Wildman–Crippen LogP) is 2.27. The zero-order chi connectivity index (χ0) is 25.7. The van der Waals surface area contributed by atoms with Crippen molar-refractivity contribution in [1.29, 1.82) is 0 Å². The molecule has 0 saturated carbocycles. The highest BCUT2D eigenvalue weighted by atomic mass is 32.1. The van der Waals surface area contributed by atoms with E-state index in [1.165, 1.54) is 16.2 Å². The number of rotatable bonds is 4. The molecule has 10 nitrogen and oxygen atoms in total. The molecule has 1 aliphatic heterocycles. The van der Waals surface area contributed by atoms with E-state index < -0.39 is 6.04 Å². The average Bonchev–Trinajstić information content (AvgIpc) is 3.37. The zero-order valence-corrected chi connectivity index (χ0v) is 22.4. The van der Waals surface area contributed by atoms with Crippen LogP contribution in [0.1, 0.15) is 68.4 Å². The Hall–Kier alpha value is -2.82. The number of nitrogens with zero attached hydrogens (tertiary/aromatic N) is 6. The summed E-state index contributed by atoms with van der Waals surface area (Å²) < 4.78 is 1.81. The van der Waals surface area contributed by atoms with Crippen molar-refractivity contribution in [3.05, 3.63) is 27.7 Å². The third-order valence-electron chi connectivity index (χ3n) is 6.25. The SMILES string of the molecule is Cc1nc2n(n1)CCN(C(=O)Cc1csc(C)n1)CCCC(=O)N(C)[C@@H](C)C(=O)N[C@@H]2CC(C)C. The van der Waals surface area contributed by atoms with Crippen molar-refractivity contribution in [1.82, 2.24) is 34.9 Å². The van der Waals surface area contributed by atoms with Gasteiger partial charge < -0.3 is 15.1 Å². The third kappa shape index (κ3) is 7.09. The molecule has 0 fully saturated rings. The highest BCUT2D eigenvalue weighted by molar-refractivity contribution is 7.09. The van der Waals surface area contributed by atoms with Gasteiger partial charge in [-0.25, -0.2) is 14.6 Å². The van der Waals surface area contributed by atoms with Crippen LogP contribution in [0, 0.1) is 19.8 Å². The minimum atomic E-state index is -0.622. The number of hydrogen-bond donors (Lipinski definition) is 1. The number of aromatic nitrogens is 4. The topological polar surface area (TPSA) is 113 Å². The van der Waals surface area contributed by atoms with E-state index >= 15 is 0 Å². The van der Waals surface area contributed by atoms with Gasteiger partial charge in [0.1, 0.15) is 17.7 Å². The normalized spacial score (nSPS) is 20.5. The minimum absolute atomic E-state index is 0.0259. The average molecular weight is 504 g/mol. The highest BCUT2D eigenvalue weighted by Gasteiger charge is 2.29. The van der Waals surface area contributed by atoms with Crippen LogP contribution in [-0.2, 0) is 27.3 Å². The lowest BCUT2D eigenvalue weighted by Crippen LogP contribution is -2.47. The first-order valence-electron chi connectivity index (χ1n) is 12.2. The Kier molecular flexibility index (Phi) is 8.98. The number of nitrogens with one attached hydrogen (secondary N) is 1. The van der Waals surface area contributed by atoms with Gasteiger partial charge in [-0.1, -0.05) is 13.8 Å². The second-order valence-corrected chi connectivity index (χ2v) is 10.7. The van der Waals surface area contributed by atoms with E-state index in [2.05, 4.69) is 34.2 Å². The summed E-state index contributed by atoms with van der Waals surface area (Å²) in [5, 5.41) is 10.5. The van der Waals surface area contributed by atoms with Gasteiger partial charge in [0.2, 0.25) is 17.7 Å². The molecule has 3 heterocycles. The summed E-state index contributed by atoms with van der Waals surface area (Å²) in [5.41, 5.74) is 0.763. The Labute approximate surface area is 211 Å². The molecule has 2 atom stereocenters. The van der Waals surface area contributed by atoms with Crippen molar-refractivity contribution in [2.24, 2.45) is 5.92 Å². The Morgan fingerprint density at radius 3 is 2.60 bits per heavy atom. The standard InChI is InChI=1S/C24H37N7O3S/c1-15(2)12-20-23-25-17(4)28-31(23)11-10-30(22(33)13-19-14-35-18(5)26-19)9-7-8-21(32)29(6)16(3)24(34)27-20/h14-16,20H,7-13H2,1-6H3,(H,27,34)/t16-,20+/m0/s1. The van der Waals surface area contributed by atoms with E-state index in [1.54, 1.807) is 23.6 Å². The molecule has 192 valence electrons. The summed E-state index contributed by atoms with van der Waals surface area (Å²) in [4.78, 5) is 51.3. The van der Waals surface area contributed by atoms with Crippen molar-refractivity contribution in [3.63, 3.8) is 0 Å². The summed E-state index contributed by atoms with van der Waals surface area (Å²) in [6.45, 7) is 11.0. The number of aryl methyl sites for hydroxylation is 2. The third-order valence-corrected chi connectivity index (χ3v) is 7.07. The molecule has 0 aliphatic carbocycles. The van der Waals surface area contributed by atoms with Crippen LogP contribution in [0.4, 0.5) is 0 Å². The molecule has 0 unspecified atom stereocenters. The fraction of sp³-hybridized carbons (Fsp3) is 0.667. The summed E-state index contributed by atoms with van der Waals surface area (Å²) in [5.74, 6) is 1.23. The van der Waals surface area contributed by atoms with E-state index in [-0.39, 0.29) is 36.6 Å². The summed E-state index contributed by atoms with van der Waals surface area (Å²) in [7, 11) is 1.65. The molecule has 2 aromatic rings. The summed E-state index contributed by atoms with van der Waals surface area (Å²) in [6.07, 6.45) is 1.68. The lowest BCUT2D eigenvalue weighted by Gasteiger charge is -2.29. The molecule has 1 N–H and O–H groups in total. The molecule has 0 aromatic carbocycles.